The smallest absolute Gasteiger partial charge is 0.316 e. The molecule has 1 saturated heterocycles. The molecular formula is C14H20N4O2S. The fourth-order valence-electron chi connectivity index (χ4n) is 2.13. The largest absolute Gasteiger partial charge is 0.351 e. The third kappa shape index (κ3) is 4.64. The van der Waals surface area contributed by atoms with Gasteiger partial charge in [0.1, 0.15) is 0 Å². The lowest BCUT2D eigenvalue weighted by Crippen LogP contribution is -2.49. The van der Waals surface area contributed by atoms with Crippen LogP contribution in [-0.2, 0) is 4.79 Å². The molecule has 1 aliphatic rings. The molecule has 0 aliphatic carbocycles. The van der Waals surface area contributed by atoms with Crippen LogP contribution >= 0.6 is 11.8 Å². The third-order valence-corrected chi connectivity index (χ3v) is 4.34. The van der Waals surface area contributed by atoms with Gasteiger partial charge in [0.2, 0.25) is 5.91 Å². The van der Waals surface area contributed by atoms with E-state index in [2.05, 4.69) is 16.0 Å². The highest BCUT2D eigenvalue weighted by Gasteiger charge is 2.22. The molecule has 2 atom stereocenters. The van der Waals surface area contributed by atoms with Crippen LogP contribution in [0.2, 0.25) is 0 Å². The number of nitrogens with one attached hydrogen (secondary N) is 3. The van der Waals surface area contributed by atoms with Crippen LogP contribution < -0.4 is 21.7 Å². The molecule has 2 unspecified atom stereocenters. The van der Waals surface area contributed by atoms with Crippen molar-refractivity contribution < 1.29 is 9.59 Å². The third-order valence-electron chi connectivity index (χ3n) is 3.28. The molecule has 0 spiro atoms. The van der Waals surface area contributed by atoms with Gasteiger partial charge in [-0.15, -0.1) is 0 Å². The number of carbonyl (C=O) groups is 2. The van der Waals surface area contributed by atoms with E-state index in [1.54, 1.807) is 23.9 Å². The van der Waals surface area contributed by atoms with Gasteiger partial charge in [-0.2, -0.15) is 11.8 Å². The number of hydrogen-bond donors (Lipinski definition) is 4. The number of nitrogens with two attached hydrogens (primary N) is 1. The predicted molar refractivity (Wildman–Crippen MR) is 85.3 cm³/mol. The maximum absolute atomic E-state index is 12.1. The van der Waals surface area contributed by atoms with Gasteiger partial charge in [0, 0.05) is 23.7 Å². The van der Waals surface area contributed by atoms with Crippen LogP contribution in [0.15, 0.2) is 24.3 Å². The van der Waals surface area contributed by atoms with Gasteiger partial charge >= 0.3 is 6.03 Å². The van der Waals surface area contributed by atoms with Crippen molar-refractivity contribution in [1.82, 2.24) is 10.6 Å². The van der Waals surface area contributed by atoms with Crippen molar-refractivity contribution in [2.24, 2.45) is 5.73 Å². The van der Waals surface area contributed by atoms with E-state index in [-0.39, 0.29) is 18.0 Å². The zero-order valence-electron chi connectivity index (χ0n) is 11.9. The minimum absolute atomic E-state index is 0.0223. The Morgan fingerprint density at radius 1 is 1.38 bits per heavy atom. The fraction of sp³-hybridized carbons (Fsp3) is 0.429. The minimum Gasteiger partial charge on any atom is -0.351 e. The Hall–Kier alpha value is -1.73. The van der Waals surface area contributed by atoms with E-state index in [1.165, 1.54) is 0 Å². The number of amides is 3. The molecule has 1 heterocycles. The lowest BCUT2D eigenvalue weighted by Gasteiger charge is -2.24. The number of urea groups is 1. The van der Waals surface area contributed by atoms with Gasteiger partial charge in [-0.3, -0.25) is 4.79 Å². The summed E-state index contributed by atoms with van der Waals surface area (Å²) >= 11 is 1.79. The Bertz CT molecular complexity index is 500. The van der Waals surface area contributed by atoms with E-state index in [4.69, 9.17) is 5.73 Å². The van der Waals surface area contributed by atoms with Crippen LogP contribution in [0.4, 0.5) is 10.5 Å². The van der Waals surface area contributed by atoms with Crippen molar-refractivity contribution in [3.05, 3.63) is 29.8 Å². The first-order chi connectivity index (χ1) is 10.1. The van der Waals surface area contributed by atoms with Crippen molar-refractivity contribution in [1.29, 1.82) is 0 Å². The number of benzene rings is 1. The Morgan fingerprint density at radius 2 is 2.10 bits per heavy atom. The van der Waals surface area contributed by atoms with E-state index in [0.717, 1.165) is 23.6 Å². The van der Waals surface area contributed by atoms with E-state index in [9.17, 15) is 9.59 Å². The predicted octanol–water partition coefficient (Wildman–Crippen LogP) is 1.06. The first-order valence-electron chi connectivity index (χ1n) is 6.84. The highest BCUT2D eigenvalue weighted by atomic mass is 32.2. The average molecular weight is 308 g/mol. The van der Waals surface area contributed by atoms with Crippen LogP contribution in [0, 0.1) is 0 Å². The van der Waals surface area contributed by atoms with Gasteiger partial charge in [0.05, 0.1) is 12.1 Å². The number of hydrogen-bond acceptors (Lipinski definition) is 4. The number of thioether (sulfide) groups is 1. The monoisotopic (exact) mass is 308 g/mol. The van der Waals surface area contributed by atoms with Crippen molar-refractivity contribution in [2.75, 3.05) is 23.4 Å². The first kappa shape index (κ1) is 15.7. The van der Waals surface area contributed by atoms with E-state index < -0.39 is 6.03 Å². The normalized spacial score (nSPS) is 19.6. The molecule has 1 aromatic rings. The van der Waals surface area contributed by atoms with Gasteiger partial charge in [-0.1, -0.05) is 12.1 Å². The summed E-state index contributed by atoms with van der Waals surface area (Å²) in [5, 5.41) is 8.71. The molecule has 3 amide bonds. The maximum Gasteiger partial charge on any atom is 0.316 e. The van der Waals surface area contributed by atoms with E-state index in [1.807, 2.05) is 19.1 Å². The molecule has 114 valence electrons. The van der Waals surface area contributed by atoms with Crippen molar-refractivity contribution in [3.63, 3.8) is 0 Å². The summed E-state index contributed by atoms with van der Waals surface area (Å²) in [6.45, 7) is 2.80. The van der Waals surface area contributed by atoms with Gasteiger partial charge in [-0.25, -0.2) is 4.79 Å². The Balaban J connectivity index is 1.91. The molecule has 6 nitrogen and oxygen atoms in total. The Morgan fingerprint density at radius 3 is 2.67 bits per heavy atom. The molecule has 1 fully saturated rings. The van der Waals surface area contributed by atoms with Crippen molar-refractivity contribution in [3.8, 4) is 0 Å². The van der Waals surface area contributed by atoms with Gasteiger partial charge in [-0.05, 0) is 24.6 Å². The molecular weight excluding hydrogens is 288 g/mol. The zero-order valence-corrected chi connectivity index (χ0v) is 12.7. The SMILES string of the molecule is CC(NC(=O)C1CSCCN1)c1ccc(NC(N)=O)cc1. The number of primary amides is 1. The number of carbonyl (C=O) groups excluding carboxylic acids is 2. The molecule has 5 N–H and O–H groups in total. The van der Waals surface area contributed by atoms with Crippen molar-refractivity contribution >= 4 is 29.4 Å². The molecule has 1 aliphatic heterocycles. The summed E-state index contributed by atoms with van der Waals surface area (Å²) in [7, 11) is 0. The van der Waals surface area contributed by atoms with Crippen LogP contribution in [0.25, 0.3) is 0 Å². The van der Waals surface area contributed by atoms with Gasteiger partial charge in [0.15, 0.2) is 0 Å². The average Bonchev–Trinajstić information content (AvgIpc) is 2.48. The van der Waals surface area contributed by atoms with Crippen molar-refractivity contribution in [2.45, 2.75) is 19.0 Å². The molecule has 0 bridgehead atoms. The van der Waals surface area contributed by atoms with Gasteiger partial charge in [0.25, 0.3) is 0 Å². The summed E-state index contributed by atoms with van der Waals surface area (Å²) in [5.41, 5.74) is 6.66. The Kier molecular flexibility index (Phi) is 5.46. The highest BCUT2D eigenvalue weighted by molar-refractivity contribution is 7.99. The second-order valence-electron chi connectivity index (χ2n) is 4.92. The molecule has 7 heteroatoms. The van der Waals surface area contributed by atoms with Gasteiger partial charge < -0.3 is 21.7 Å². The lowest BCUT2D eigenvalue weighted by molar-refractivity contribution is -0.123. The topological polar surface area (TPSA) is 96.2 Å². The molecule has 0 radical (unpaired) electrons. The lowest BCUT2D eigenvalue weighted by atomic mass is 10.1. The molecule has 2 rings (SSSR count). The molecule has 1 aromatic carbocycles. The molecule has 0 saturated carbocycles. The maximum atomic E-state index is 12.1. The fourth-order valence-corrected chi connectivity index (χ4v) is 3.06. The Labute approximate surface area is 128 Å². The summed E-state index contributed by atoms with van der Waals surface area (Å²) in [4.78, 5) is 22.9. The standard InChI is InChI=1S/C14H20N4O2S/c1-9(17-13(19)12-8-21-7-6-16-12)10-2-4-11(5-3-10)18-14(15)20/h2-5,9,12,16H,6-8H2,1H3,(H,17,19)(H3,15,18,20). The number of anilines is 1. The quantitative estimate of drug-likeness (QED) is 0.669. The second kappa shape index (κ2) is 7.33. The van der Waals surface area contributed by atoms with Crippen LogP contribution in [-0.4, -0.2) is 36.0 Å². The molecule has 0 aromatic heterocycles. The summed E-state index contributed by atoms with van der Waals surface area (Å²) in [6.07, 6.45) is 0. The number of rotatable bonds is 4. The summed E-state index contributed by atoms with van der Waals surface area (Å²) in [6, 6.07) is 6.44. The summed E-state index contributed by atoms with van der Waals surface area (Å²) in [5.74, 6) is 1.88. The van der Waals surface area contributed by atoms with E-state index >= 15 is 0 Å². The van der Waals surface area contributed by atoms with Crippen LogP contribution in [0.5, 0.6) is 0 Å². The minimum atomic E-state index is -0.593. The zero-order chi connectivity index (χ0) is 15.2. The van der Waals surface area contributed by atoms with E-state index in [0.29, 0.717) is 5.69 Å². The first-order valence-corrected chi connectivity index (χ1v) is 7.99. The second-order valence-corrected chi connectivity index (χ2v) is 6.07. The molecule has 21 heavy (non-hydrogen) atoms. The summed E-state index contributed by atoms with van der Waals surface area (Å²) < 4.78 is 0. The van der Waals surface area contributed by atoms with Crippen LogP contribution in [0.1, 0.15) is 18.5 Å². The highest BCUT2D eigenvalue weighted by Crippen LogP contribution is 2.17. The van der Waals surface area contributed by atoms with Crippen LogP contribution in [0.3, 0.4) is 0 Å².